The normalized spacial score (nSPS) is 12.5. The van der Waals surface area contributed by atoms with Crippen molar-refractivity contribution in [2.45, 2.75) is 12.5 Å². The van der Waals surface area contributed by atoms with Crippen molar-refractivity contribution in [3.8, 4) is 0 Å². The molecular weight excluding hydrogens is 194 g/mol. The molecule has 0 spiro atoms. The Balaban J connectivity index is 2.18. The maximum absolute atomic E-state index is 11.1. The van der Waals surface area contributed by atoms with Gasteiger partial charge in [0.1, 0.15) is 6.04 Å². The number of imidazole rings is 1. The number of nitrogens with one attached hydrogen (secondary N) is 1. The van der Waals surface area contributed by atoms with E-state index in [1.165, 1.54) is 0 Å². The van der Waals surface area contributed by atoms with Crippen molar-refractivity contribution in [3.05, 3.63) is 42.7 Å². The van der Waals surface area contributed by atoms with Crippen molar-refractivity contribution >= 4 is 5.97 Å². The average molecular weight is 205 g/mol. The van der Waals surface area contributed by atoms with E-state index in [9.17, 15) is 4.79 Å². The van der Waals surface area contributed by atoms with Crippen molar-refractivity contribution in [2.75, 3.05) is 0 Å². The van der Waals surface area contributed by atoms with Crippen LogP contribution in [0.4, 0.5) is 0 Å². The summed E-state index contributed by atoms with van der Waals surface area (Å²) in [7, 11) is 0. The second-order valence-corrected chi connectivity index (χ2v) is 3.27. The molecule has 5 heteroatoms. The highest BCUT2D eigenvalue weighted by molar-refractivity contribution is 5.72. The number of aromatic amines is 1. The van der Waals surface area contributed by atoms with E-state index in [2.05, 4.69) is 9.97 Å². The largest absolute Gasteiger partial charge is 0.480 e. The van der Waals surface area contributed by atoms with E-state index in [1.807, 2.05) is 12.1 Å². The van der Waals surface area contributed by atoms with Gasteiger partial charge in [0, 0.05) is 30.7 Å². The predicted octanol–water partition coefficient (Wildman–Crippen LogP) is 1.08. The molecule has 2 rings (SSSR count). The molecule has 2 aromatic rings. The molecule has 2 N–H and O–H groups in total. The van der Waals surface area contributed by atoms with Crippen LogP contribution in [0.15, 0.2) is 37.1 Å². The summed E-state index contributed by atoms with van der Waals surface area (Å²) in [6.07, 6.45) is 7.08. The van der Waals surface area contributed by atoms with Gasteiger partial charge in [0.25, 0.3) is 0 Å². The zero-order chi connectivity index (χ0) is 10.7. The molecule has 0 unspecified atom stereocenters. The van der Waals surface area contributed by atoms with Crippen LogP contribution in [0.2, 0.25) is 0 Å². The van der Waals surface area contributed by atoms with Crippen LogP contribution in [0, 0.1) is 0 Å². The van der Waals surface area contributed by atoms with Crippen molar-refractivity contribution < 1.29 is 9.90 Å². The van der Waals surface area contributed by atoms with Gasteiger partial charge in [-0.1, -0.05) is 0 Å². The molecule has 0 aliphatic rings. The number of aromatic nitrogens is 3. The Kier molecular flexibility index (Phi) is 2.53. The molecule has 0 saturated heterocycles. The zero-order valence-corrected chi connectivity index (χ0v) is 8.00. The topological polar surface area (TPSA) is 70.9 Å². The van der Waals surface area contributed by atoms with Gasteiger partial charge in [0.2, 0.25) is 0 Å². The number of nitrogens with zero attached hydrogens (tertiary/aromatic N) is 2. The highest BCUT2D eigenvalue weighted by Gasteiger charge is 2.19. The van der Waals surface area contributed by atoms with Crippen LogP contribution in [-0.4, -0.2) is 25.6 Å². The third-order valence-electron chi connectivity index (χ3n) is 2.24. The molecule has 0 aromatic carbocycles. The maximum atomic E-state index is 11.1. The van der Waals surface area contributed by atoms with Crippen LogP contribution in [0.1, 0.15) is 11.7 Å². The summed E-state index contributed by atoms with van der Waals surface area (Å²) in [5.41, 5.74) is 0.816. The van der Waals surface area contributed by atoms with E-state index in [0.29, 0.717) is 6.42 Å². The quantitative estimate of drug-likeness (QED) is 0.784. The standard InChI is InChI=1S/C10H11N3O2/c14-10(15)9(13-3-1-2-4-13)5-8-6-11-7-12-8/h1-4,6-7,9H,5H2,(H,11,12)(H,14,15)/t9-/m1/s1. The second-order valence-electron chi connectivity index (χ2n) is 3.27. The Morgan fingerprint density at radius 2 is 2.27 bits per heavy atom. The lowest BCUT2D eigenvalue weighted by Crippen LogP contribution is -2.20. The maximum Gasteiger partial charge on any atom is 0.327 e. The molecule has 2 heterocycles. The van der Waals surface area contributed by atoms with Crippen molar-refractivity contribution in [2.24, 2.45) is 0 Å². The fourth-order valence-corrected chi connectivity index (χ4v) is 1.48. The van der Waals surface area contributed by atoms with Crippen LogP contribution in [0.5, 0.6) is 0 Å². The Bertz CT molecular complexity index is 419. The SMILES string of the molecule is O=C(O)[C@@H](Cc1cnc[nH]1)n1cccc1. The van der Waals surface area contributed by atoms with Gasteiger partial charge in [-0.15, -0.1) is 0 Å². The van der Waals surface area contributed by atoms with Gasteiger partial charge in [-0.2, -0.15) is 0 Å². The lowest BCUT2D eigenvalue weighted by atomic mass is 10.1. The average Bonchev–Trinajstić information content (AvgIpc) is 2.87. The van der Waals surface area contributed by atoms with Gasteiger partial charge in [-0.05, 0) is 12.1 Å². The van der Waals surface area contributed by atoms with Crippen LogP contribution in [0.3, 0.4) is 0 Å². The van der Waals surface area contributed by atoms with E-state index in [0.717, 1.165) is 5.69 Å². The highest BCUT2D eigenvalue weighted by Crippen LogP contribution is 2.13. The summed E-state index contributed by atoms with van der Waals surface area (Å²) in [5.74, 6) is -0.846. The van der Waals surface area contributed by atoms with Gasteiger partial charge in [0.05, 0.1) is 6.33 Å². The Labute approximate surface area is 86.4 Å². The molecule has 0 radical (unpaired) electrons. The van der Waals surface area contributed by atoms with E-state index in [-0.39, 0.29) is 0 Å². The smallest absolute Gasteiger partial charge is 0.327 e. The number of rotatable bonds is 4. The molecule has 0 fully saturated rings. The fourth-order valence-electron chi connectivity index (χ4n) is 1.48. The molecule has 0 saturated carbocycles. The minimum absolute atomic E-state index is 0.407. The summed E-state index contributed by atoms with van der Waals surface area (Å²) in [6, 6.07) is 3.03. The van der Waals surface area contributed by atoms with Crippen LogP contribution >= 0.6 is 0 Å². The molecule has 1 atom stereocenters. The summed E-state index contributed by atoms with van der Waals surface area (Å²) >= 11 is 0. The first-order chi connectivity index (χ1) is 7.27. The molecule has 0 aliphatic carbocycles. The minimum Gasteiger partial charge on any atom is -0.480 e. The number of carboxylic acid groups (broad SMARTS) is 1. The Morgan fingerprint density at radius 1 is 1.53 bits per heavy atom. The van der Waals surface area contributed by atoms with E-state index >= 15 is 0 Å². The molecular formula is C10H11N3O2. The molecule has 2 aromatic heterocycles. The number of hydrogen-bond donors (Lipinski definition) is 2. The molecule has 0 amide bonds. The first-order valence-corrected chi connectivity index (χ1v) is 4.60. The second kappa shape index (κ2) is 4.00. The third-order valence-corrected chi connectivity index (χ3v) is 2.24. The summed E-state index contributed by atoms with van der Waals surface area (Å²) in [6.45, 7) is 0. The molecule has 0 bridgehead atoms. The molecule has 0 aliphatic heterocycles. The zero-order valence-electron chi connectivity index (χ0n) is 8.00. The monoisotopic (exact) mass is 205 g/mol. The van der Waals surface area contributed by atoms with Gasteiger partial charge in [0.15, 0.2) is 0 Å². The van der Waals surface area contributed by atoms with Gasteiger partial charge in [-0.25, -0.2) is 9.78 Å². The van der Waals surface area contributed by atoms with Crippen LogP contribution in [-0.2, 0) is 11.2 Å². The van der Waals surface area contributed by atoms with Crippen molar-refractivity contribution in [1.29, 1.82) is 0 Å². The predicted molar refractivity (Wildman–Crippen MR) is 53.4 cm³/mol. The third kappa shape index (κ3) is 2.07. The van der Waals surface area contributed by atoms with Crippen molar-refractivity contribution in [3.63, 3.8) is 0 Å². The summed E-state index contributed by atoms with van der Waals surface area (Å²) in [5, 5.41) is 9.09. The minimum atomic E-state index is -0.846. The Hall–Kier alpha value is -2.04. The molecule has 5 nitrogen and oxygen atoms in total. The molecule has 78 valence electrons. The lowest BCUT2D eigenvalue weighted by Gasteiger charge is -2.12. The number of hydrogen-bond acceptors (Lipinski definition) is 2. The van der Waals surface area contributed by atoms with E-state index in [4.69, 9.17) is 5.11 Å². The van der Waals surface area contributed by atoms with Gasteiger partial charge < -0.3 is 14.7 Å². The number of carboxylic acids is 1. The van der Waals surface area contributed by atoms with E-state index < -0.39 is 12.0 Å². The molecule has 15 heavy (non-hydrogen) atoms. The van der Waals surface area contributed by atoms with Crippen LogP contribution < -0.4 is 0 Å². The number of carbonyl (C=O) groups is 1. The number of aliphatic carboxylic acids is 1. The summed E-state index contributed by atoms with van der Waals surface area (Å²) < 4.78 is 1.67. The van der Waals surface area contributed by atoms with Crippen LogP contribution in [0.25, 0.3) is 0 Å². The fraction of sp³-hybridized carbons (Fsp3) is 0.200. The van der Waals surface area contributed by atoms with Gasteiger partial charge in [-0.3, -0.25) is 0 Å². The lowest BCUT2D eigenvalue weighted by molar-refractivity contribution is -0.140. The van der Waals surface area contributed by atoms with Crippen molar-refractivity contribution in [1.82, 2.24) is 14.5 Å². The van der Waals surface area contributed by atoms with E-state index in [1.54, 1.807) is 29.5 Å². The highest BCUT2D eigenvalue weighted by atomic mass is 16.4. The number of H-pyrrole nitrogens is 1. The summed E-state index contributed by atoms with van der Waals surface area (Å²) in [4.78, 5) is 17.8. The Morgan fingerprint density at radius 3 is 2.80 bits per heavy atom. The first kappa shape index (κ1) is 9.51. The first-order valence-electron chi connectivity index (χ1n) is 4.60. The van der Waals surface area contributed by atoms with Gasteiger partial charge >= 0.3 is 5.97 Å².